The minimum atomic E-state index is -1.58. The predicted molar refractivity (Wildman–Crippen MR) is 81.9 cm³/mol. The van der Waals surface area contributed by atoms with Gasteiger partial charge < -0.3 is 15.2 Å². The van der Waals surface area contributed by atoms with Crippen molar-refractivity contribution in [2.45, 2.75) is 13.2 Å². The van der Waals surface area contributed by atoms with Gasteiger partial charge in [0.05, 0.1) is 6.61 Å². The van der Waals surface area contributed by atoms with Crippen LogP contribution in [0.15, 0.2) is 54.6 Å². The number of ketones is 1. The third-order valence-corrected chi connectivity index (χ3v) is 3.00. The van der Waals surface area contributed by atoms with Gasteiger partial charge in [-0.3, -0.25) is 9.59 Å². The second kappa shape index (κ2) is 7.38. The standard InChI is InChI=1S/C17H17NO4/c1-2-22-14-10-8-13(9-11-14)16(20)18-17(21)15(19)12-6-4-3-5-7-12/h3-11,17,21H,2H2,1H3,(H,18,20)/t17-/m0/s1. The minimum absolute atomic E-state index is 0.335. The molecule has 0 spiro atoms. The summed E-state index contributed by atoms with van der Waals surface area (Å²) in [7, 11) is 0. The predicted octanol–water partition coefficient (Wildman–Crippen LogP) is 2.02. The molecule has 1 amide bonds. The Morgan fingerprint density at radius 3 is 2.27 bits per heavy atom. The Morgan fingerprint density at radius 2 is 1.68 bits per heavy atom. The largest absolute Gasteiger partial charge is 0.494 e. The summed E-state index contributed by atoms with van der Waals surface area (Å²) in [6, 6.07) is 14.8. The lowest BCUT2D eigenvalue weighted by molar-refractivity contribution is 0.0607. The smallest absolute Gasteiger partial charge is 0.253 e. The molecule has 0 unspecified atom stereocenters. The Morgan fingerprint density at radius 1 is 1.05 bits per heavy atom. The molecule has 0 heterocycles. The topological polar surface area (TPSA) is 75.6 Å². The first-order valence-electron chi connectivity index (χ1n) is 6.93. The van der Waals surface area contributed by atoms with Crippen LogP contribution in [0.2, 0.25) is 0 Å². The maximum Gasteiger partial charge on any atom is 0.253 e. The van der Waals surface area contributed by atoms with Crippen molar-refractivity contribution in [2.24, 2.45) is 0 Å². The molecule has 2 rings (SSSR count). The molecule has 2 aromatic rings. The van der Waals surface area contributed by atoms with E-state index >= 15 is 0 Å². The summed E-state index contributed by atoms with van der Waals surface area (Å²) < 4.78 is 5.28. The highest BCUT2D eigenvalue weighted by Crippen LogP contribution is 2.12. The number of aliphatic hydroxyl groups excluding tert-OH is 1. The average Bonchev–Trinajstić information content (AvgIpc) is 2.55. The Labute approximate surface area is 128 Å². The van der Waals surface area contributed by atoms with Crippen molar-refractivity contribution in [2.75, 3.05) is 6.61 Å². The molecule has 0 aliphatic carbocycles. The van der Waals surface area contributed by atoms with E-state index in [1.54, 1.807) is 54.6 Å². The zero-order valence-corrected chi connectivity index (χ0v) is 12.2. The fourth-order valence-electron chi connectivity index (χ4n) is 1.90. The maximum absolute atomic E-state index is 12.0. The van der Waals surface area contributed by atoms with Crippen LogP contribution in [0, 0.1) is 0 Å². The summed E-state index contributed by atoms with van der Waals surface area (Å²) in [4.78, 5) is 24.0. The van der Waals surface area contributed by atoms with Crippen molar-refractivity contribution in [3.63, 3.8) is 0 Å². The number of hydrogen-bond acceptors (Lipinski definition) is 4. The number of aliphatic hydroxyl groups is 1. The van der Waals surface area contributed by atoms with Crippen LogP contribution in [0.5, 0.6) is 5.75 Å². The van der Waals surface area contributed by atoms with Crippen LogP contribution in [-0.4, -0.2) is 29.6 Å². The van der Waals surface area contributed by atoms with Crippen LogP contribution in [0.3, 0.4) is 0 Å². The van der Waals surface area contributed by atoms with Crippen LogP contribution < -0.4 is 10.1 Å². The van der Waals surface area contributed by atoms with E-state index in [4.69, 9.17) is 4.74 Å². The molecular weight excluding hydrogens is 282 g/mol. The minimum Gasteiger partial charge on any atom is -0.494 e. The third-order valence-electron chi connectivity index (χ3n) is 3.00. The molecule has 1 atom stereocenters. The zero-order valence-electron chi connectivity index (χ0n) is 12.2. The summed E-state index contributed by atoms with van der Waals surface area (Å²) in [6.45, 7) is 2.40. The lowest BCUT2D eigenvalue weighted by Gasteiger charge is -2.12. The number of amides is 1. The molecule has 0 aliphatic rings. The summed E-state index contributed by atoms with van der Waals surface area (Å²) >= 11 is 0. The number of hydrogen-bond donors (Lipinski definition) is 2. The van der Waals surface area contributed by atoms with E-state index in [1.165, 1.54) is 0 Å². The normalized spacial score (nSPS) is 11.5. The van der Waals surface area contributed by atoms with Gasteiger partial charge in [-0.05, 0) is 31.2 Å². The molecule has 2 aromatic carbocycles. The van der Waals surface area contributed by atoms with Gasteiger partial charge >= 0.3 is 0 Å². The van der Waals surface area contributed by atoms with E-state index in [2.05, 4.69) is 5.32 Å². The number of rotatable bonds is 6. The van der Waals surface area contributed by atoms with E-state index in [1.807, 2.05) is 6.92 Å². The Balaban J connectivity index is 2.00. The molecule has 0 bridgehead atoms. The number of Topliss-reactive ketones (excluding diaryl/α,β-unsaturated/α-hetero) is 1. The van der Waals surface area contributed by atoms with Crippen LogP contribution in [0.25, 0.3) is 0 Å². The van der Waals surface area contributed by atoms with Crippen LogP contribution >= 0.6 is 0 Å². The Bertz CT molecular complexity index is 637. The third kappa shape index (κ3) is 3.93. The van der Waals surface area contributed by atoms with E-state index in [9.17, 15) is 14.7 Å². The summed E-state index contributed by atoms with van der Waals surface area (Å²) in [5, 5.41) is 12.1. The number of carbonyl (C=O) groups excluding carboxylic acids is 2. The van der Waals surface area contributed by atoms with Gasteiger partial charge in [-0.2, -0.15) is 0 Å². The first kappa shape index (κ1) is 15.7. The van der Waals surface area contributed by atoms with Gasteiger partial charge in [-0.25, -0.2) is 0 Å². The van der Waals surface area contributed by atoms with Crippen LogP contribution in [0.4, 0.5) is 0 Å². The summed E-state index contributed by atoms with van der Waals surface area (Å²) in [5.41, 5.74) is 0.672. The van der Waals surface area contributed by atoms with Crippen molar-refractivity contribution in [1.82, 2.24) is 5.32 Å². The molecule has 22 heavy (non-hydrogen) atoms. The lowest BCUT2D eigenvalue weighted by Crippen LogP contribution is -2.40. The Kier molecular flexibility index (Phi) is 5.27. The quantitative estimate of drug-likeness (QED) is 0.632. The number of benzene rings is 2. The fraction of sp³-hybridized carbons (Fsp3) is 0.176. The number of carbonyl (C=O) groups is 2. The van der Waals surface area contributed by atoms with Crippen molar-refractivity contribution in [3.05, 3.63) is 65.7 Å². The van der Waals surface area contributed by atoms with Gasteiger partial charge in [0.2, 0.25) is 5.78 Å². The zero-order chi connectivity index (χ0) is 15.9. The van der Waals surface area contributed by atoms with Crippen molar-refractivity contribution < 1.29 is 19.4 Å². The van der Waals surface area contributed by atoms with E-state index in [-0.39, 0.29) is 0 Å². The maximum atomic E-state index is 12.0. The monoisotopic (exact) mass is 299 g/mol. The second-order valence-corrected chi connectivity index (χ2v) is 4.56. The van der Waals surface area contributed by atoms with Gasteiger partial charge in [0.15, 0.2) is 6.23 Å². The lowest BCUT2D eigenvalue weighted by atomic mass is 10.1. The van der Waals surface area contributed by atoms with Crippen LogP contribution in [0.1, 0.15) is 27.6 Å². The average molecular weight is 299 g/mol. The molecule has 2 N–H and O–H groups in total. The molecular formula is C17H17NO4. The van der Waals surface area contributed by atoms with Crippen molar-refractivity contribution in [1.29, 1.82) is 0 Å². The van der Waals surface area contributed by atoms with Crippen molar-refractivity contribution in [3.8, 4) is 5.75 Å². The summed E-state index contributed by atoms with van der Waals surface area (Å²) in [6.07, 6.45) is -1.58. The van der Waals surface area contributed by atoms with Gasteiger partial charge in [0.1, 0.15) is 5.75 Å². The highest BCUT2D eigenvalue weighted by atomic mass is 16.5. The van der Waals surface area contributed by atoms with E-state index < -0.39 is 17.9 Å². The molecule has 0 aliphatic heterocycles. The molecule has 0 saturated carbocycles. The fourth-order valence-corrected chi connectivity index (χ4v) is 1.90. The first-order valence-corrected chi connectivity index (χ1v) is 6.93. The van der Waals surface area contributed by atoms with Gasteiger partial charge in [-0.1, -0.05) is 30.3 Å². The van der Waals surface area contributed by atoms with E-state index in [0.29, 0.717) is 23.5 Å². The van der Waals surface area contributed by atoms with Crippen LogP contribution in [-0.2, 0) is 0 Å². The molecule has 5 heteroatoms. The highest BCUT2D eigenvalue weighted by molar-refractivity contribution is 6.03. The van der Waals surface area contributed by atoms with Gasteiger partial charge in [0.25, 0.3) is 5.91 Å². The van der Waals surface area contributed by atoms with E-state index in [0.717, 1.165) is 0 Å². The first-order chi connectivity index (χ1) is 10.6. The Hall–Kier alpha value is -2.66. The summed E-state index contributed by atoms with van der Waals surface area (Å²) in [5.74, 6) is -0.431. The molecule has 0 saturated heterocycles. The second-order valence-electron chi connectivity index (χ2n) is 4.56. The molecule has 0 radical (unpaired) electrons. The van der Waals surface area contributed by atoms with Gasteiger partial charge in [0, 0.05) is 11.1 Å². The SMILES string of the molecule is CCOc1ccc(C(=O)N[C@@H](O)C(=O)c2ccccc2)cc1. The molecule has 114 valence electrons. The number of nitrogens with one attached hydrogen (secondary N) is 1. The molecule has 5 nitrogen and oxygen atoms in total. The highest BCUT2D eigenvalue weighted by Gasteiger charge is 2.19. The van der Waals surface area contributed by atoms with Gasteiger partial charge in [-0.15, -0.1) is 0 Å². The number of ether oxygens (including phenoxy) is 1. The van der Waals surface area contributed by atoms with Crippen molar-refractivity contribution >= 4 is 11.7 Å². The molecule has 0 fully saturated rings. The molecule has 0 aromatic heterocycles.